The Kier molecular flexibility index (Phi) is 5.91. The molecule has 0 saturated carbocycles. The molecule has 4 rings (SSSR count). The zero-order valence-corrected chi connectivity index (χ0v) is 17.4. The Bertz CT molecular complexity index is 1300. The van der Waals surface area contributed by atoms with Crippen molar-refractivity contribution in [2.45, 2.75) is 19.1 Å². The molecule has 1 heterocycles. The Morgan fingerprint density at radius 2 is 1.76 bits per heavy atom. The van der Waals surface area contributed by atoms with Crippen molar-refractivity contribution in [2.24, 2.45) is 0 Å². The summed E-state index contributed by atoms with van der Waals surface area (Å²) >= 11 is 0. The van der Waals surface area contributed by atoms with E-state index >= 15 is 0 Å². The Hall–Kier alpha value is -4.07. The average Bonchev–Trinajstić information content (AvgIpc) is 2.79. The van der Waals surface area contributed by atoms with Crippen LogP contribution in [0.5, 0.6) is 11.5 Å². The summed E-state index contributed by atoms with van der Waals surface area (Å²) in [5, 5.41) is 13.8. The second-order valence-electron chi connectivity index (χ2n) is 7.43. The molecule has 1 aromatic heterocycles. The molecule has 0 spiro atoms. The number of aromatic carboxylic acids is 1. The second kappa shape index (κ2) is 8.82. The van der Waals surface area contributed by atoms with Crippen molar-refractivity contribution < 1.29 is 27.8 Å². The number of hydrogen-bond donors (Lipinski definition) is 2. The lowest BCUT2D eigenvalue weighted by atomic mass is 10.1. The van der Waals surface area contributed by atoms with Crippen molar-refractivity contribution in [3.8, 4) is 11.5 Å². The second-order valence-corrected chi connectivity index (χ2v) is 7.43. The number of halogens is 3. The first-order valence-corrected chi connectivity index (χ1v) is 10.0. The third-order valence-electron chi connectivity index (χ3n) is 5.15. The molecule has 0 bridgehead atoms. The van der Waals surface area contributed by atoms with Crippen LogP contribution in [0.15, 0.2) is 79.0 Å². The monoisotopic (exact) mass is 452 g/mol. The Morgan fingerprint density at radius 1 is 1.03 bits per heavy atom. The quantitative estimate of drug-likeness (QED) is 0.332. The molecule has 8 heteroatoms. The molecular weight excluding hydrogens is 433 g/mol. The lowest BCUT2D eigenvalue weighted by Gasteiger charge is -2.18. The molecule has 0 fully saturated rings. The minimum Gasteiger partial charge on any atom is -0.478 e. The van der Waals surface area contributed by atoms with Gasteiger partial charge in [-0.15, -0.1) is 0 Å². The van der Waals surface area contributed by atoms with Crippen molar-refractivity contribution in [3.63, 3.8) is 0 Å². The van der Waals surface area contributed by atoms with E-state index in [4.69, 9.17) is 9.84 Å². The number of alkyl halides is 3. The number of ether oxygens (including phenoxy) is 1. The van der Waals surface area contributed by atoms with E-state index in [1.807, 2.05) is 13.0 Å². The van der Waals surface area contributed by atoms with Gasteiger partial charge in [0.15, 0.2) is 0 Å². The number of carboxylic acids is 1. The molecule has 33 heavy (non-hydrogen) atoms. The first kappa shape index (κ1) is 22.1. The van der Waals surface area contributed by atoms with E-state index in [1.54, 1.807) is 36.5 Å². The fourth-order valence-electron chi connectivity index (χ4n) is 3.46. The summed E-state index contributed by atoms with van der Waals surface area (Å²) < 4.78 is 45.1. The fourth-order valence-corrected chi connectivity index (χ4v) is 3.46. The summed E-state index contributed by atoms with van der Waals surface area (Å²) in [6.07, 6.45) is -2.85. The SMILES string of the molecule is C[C@H](Nc1nccc2cccc(Oc3cccc(C(F)(F)F)c3)c12)c1ccc(C(=O)O)cc1. The lowest BCUT2D eigenvalue weighted by Crippen LogP contribution is -2.09. The van der Waals surface area contributed by atoms with Crippen LogP contribution in [0, 0.1) is 0 Å². The van der Waals surface area contributed by atoms with Gasteiger partial charge in [-0.3, -0.25) is 0 Å². The summed E-state index contributed by atoms with van der Waals surface area (Å²) in [4.78, 5) is 15.5. The van der Waals surface area contributed by atoms with Gasteiger partial charge in [0, 0.05) is 12.2 Å². The number of nitrogens with one attached hydrogen (secondary N) is 1. The molecule has 3 aromatic carbocycles. The number of pyridine rings is 1. The van der Waals surface area contributed by atoms with E-state index in [2.05, 4.69) is 10.3 Å². The molecule has 0 aliphatic heterocycles. The van der Waals surface area contributed by atoms with Crippen LogP contribution in [0.25, 0.3) is 10.8 Å². The summed E-state index contributed by atoms with van der Waals surface area (Å²) in [5.74, 6) is -0.0977. The largest absolute Gasteiger partial charge is 0.478 e. The molecule has 0 radical (unpaired) electrons. The predicted octanol–water partition coefficient (Wildman–Crippen LogP) is 6.92. The number of rotatable bonds is 6. The van der Waals surface area contributed by atoms with Crippen LogP contribution in [0.2, 0.25) is 0 Å². The molecular formula is C25H19F3N2O3. The first-order chi connectivity index (χ1) is 15.7. The maximum absolute atomic E-state index is 13.1. The highest BCUT2D eigenvalue weighted by Gasteiger charge is 2.30. The van der Waals surface area contributed by atoms with Crippen molar-refractivity contribution in [2.75, 3.05) is 5.32 Å². The van der Waals surface area contributed by atoms with Gasteiger partial charge in [0.1, 0.15) is 17.3 Å². The van der Waals surface area contributed by atoms with Crippen LogP contribution in [-0.4, -0.2) is 16.1 Å². The van der Waals surface area contributed by atoms with E-state index in [0.29, 0.717) is 17.0 Å². The van der Waals surface area contributed by atoms with Gasteiger partial charge in [-0.05, 0) is 60.3 Å². The van der Waals surface area contributed by atoms with Crippen LogP contribution in [-0.2, 0) is 6.18 Å². The van der Waals surface area contributed by atoms with Gasteiger partial charge in [0.05, 0.1) is 16.5 Å². The fraction of sp³-hybridized carbons (Fsp3) is 0.120. The topological polar surface area (TPSA) is 71.5 Å². The lowest BCUT2D eigenvalue weighted by molar-refractivity contribution is -0.137. The van der Waals surface area contributed by atoms with Crippen LogP contribution in [0.3, 0.4) is 0 Å². The van der Waals surface area contributed by atoms with Crippen LogP contribution < -0.4 is 10.1 Å². The number of benzene rings is 3. The molecule has 0 saturated heterocycles. The van der Waals surface area contributed by atoms with Crippen molar-refractivity contribution in [1.29, 1.82) is 0 Å². The molecule has 0 unspecified atom stereocenters. The van der Waals surface area contributed by atoms with Crippen LogP contribution in [0.1, 0.15) is 34.5 Å². The van der Waals surface area contributed by atoms with E-state index in [9.17, 15) is 18.0 Å². The maximum Gasteiger partial charge on any atom is 0.416 e. The number of carbonyl (C=O) groups is 1. The minimum atomic E-state index is -4.47. The number of aromatic nitrogens is 1. The van der Waals surface area contributed by atoms with Gasteiger partial charge in [-0.1, -0.05) is 30.3 Å². The molecule has 5 nitrogen and oxygen atoms in total. The zero-order valence-electron chi connectivity index (χ0n) is 17.4. The summed E-state index contributed by atoms with van der Waals surface area (Å²) in [7, 11) is 0. The number of fused-ring (bicyclic) bond motifs is 1. The number of nitrogens with zero attached hydrogens (tertiary/aromatic N) is 1. The van der Waals surface area contributed by atoms with Crippen LogP contribution >= 0.6 is 0 Å². The third kappa shape index (κ3) is 4.90. The Balaban J connectivity index is 1.67. The Morgan fingerprint density at radius 3 is 2.45 bits per heavy atom. The first-order valence-electron chi connectivity index (χ1n) is 10.0. The summed E-state index contributed by atoms with van der Waals surface area (Å²) in [6.45, 7) is 1.90. The van der Waals surface area contributed by atoms with Gasteiger partial charge < -0.3 is 15.2 Å². The smallest absolute Gasteiger partial charge is 0.416 e. The number of anilines is 1. The molecule has 1 atom stereocenters. The van der Waals surface area contributed by atoms with Crippen LogP contribution in [0.4, 0.5) is 19.0 Å². The van der Waals surface area contributed by atoms with Gasteiger partial charge in [0.2, 0.25) is 0 Å². The molecule has 0 aliphatic rings. The van der Waals surface area contributed by atoms with Gasteiger partial charge in [-0.2, -0.15) is 13.2 Å². The van der Waals surface area contributed by atoms with E-state index < -0.39 is 17.7 Å². The van der Waals surface area contributed by atoms with E-state index in [1.165, 1.54) is 24.3 Å². The highest BCUT2D eigenvalue weighted by molar-refractivity contribution is 5.97. The summed E-state index contributed by atoms with van der Waals surface area (Å²) in [5.41, 5.74) is 0.233. The molecule has 4 aromatic rings. The summed E-state index contributed by atoms with van der Waals surface area (Å²) in [6, 6.07) is 18.0. The third-order valence-corrected chi connectivity index (χ3v) is 5.15. The molecule has 0 amide bonds. The standard InChI is InChI=1S/C25H19F3N2O3/c1-15(16-8-10-18(11-9-16)24(31)32)30-23-22-17(12-13-29-23)4-2-7-21(22)33-20-6-3-5-19(14-20)25(26,27)28/h2-15H,1H3,(H,29,30)(H,31,32)/t15-/m0/s1. The van der Waals surface area contributed by atoms with E-state index in [0.717, 1.165) is 23.1 Å². The van der Waals surface area contributed by atoms with E-state index in [-0.39, 0.29) is 17.4 Å². The molecule has 2 N–H and O–H groups in total. The van der Waals surface area contributed by atoms with Gasteiger partial charge >= 0.3 is 12.1 Å². The number of carboxylic acid groups (broad SMARTS) is 1. The van der Waals surface area contributed by atoms with Crippen molar-refractivity contribution >= 4 is 22.6 Å². The van der Waals surface area contributed by atoms with Crippen molar-refractivity contribution in [1.82, 2.24) is 4.98 Å². The zero-order chi connectivity index (χ0) is 23.6. The molecule has 0 aliphatic carbocycles. The predicted molar refractivity (Wildman–Crippen MR) is 119 cm³/mol. The van der Waals surface area contributed by atoms with Gasteiger partial charge in [-0.25, -0.2) is 9.78 Å². The highest BCUT2D eigenvalue weighted by Crippen LogP contribution is 2.37. The highest BCUT2D eigenvalue weighted by atomic mass is 19.4. The average molecular weight is 452 g/mol. The minimum absolute atomic E-state index is 0.0597. The number of hydrogen-bond acceptors (Lipinski definition) is 4. The molecule has 168 valence electrons. The Labute approximate surface area is 187 Å². The van der Waals surface area contributed by atoms with Gasteiger partial charge in [0.25, 0.3) is 0 Å². The maximum atomic E-state index is 13.1. The van der Waals surface area contributed by atoms with Crippen molar-refractivity contribution in [3.05, 3.63) is 95.7 Å². The normalized spacial score (nSPS) is 12.4.